The van der Waals surface area contributed by atoms with Gasteiger partial charge in [0.25, 0.3) is 10.1 Å². The van der Waals surface area contributed by atoms with Gasteiger partial charge in [-0.15, -0.1) is 0 Å². The Kier molecular flexibility index (Phi) is 6.48. The van der Waals surface area contributed by atoms with Crippen LogP contribution in [0, 0.1) is 0 Å². The van der Waals surface area contributed by atoms with Crippen LogP contribution in [0.25, 0.3) is 0 Å². The average molecular weight is 164 g/mol. The van der Waals surface area contributed by atoms with Gasteiger partial charge in [-0.05, 0) is 6.92 Å². The summed E-state index contributed by atoms with van der Waals surface area (Å²) in [4.78, 5) is 0. The molecule has 0 aromatic carbocycles. The van der Waals surface area contributed by atoms with Gasteiger partial charge in [-0.2, -0.15) is 8.42 Å². The second-order valence-electron chi connectivity index (χ2n) is 1.26. The van der Waals surface area contributed by atoms with Crippen LogP contribution in [0.1, 0.15) is 8.35 Å². The molecular formula is C3H9NaO4S. The van der Waals surface area contributed by atoms with E-state index in [2.05, 4.69) is 4.18 Å². The molecule has 0 fully saturated rings. The molecule has 0 aliphatic carbocycles. The first kappa shape index (κ1) is 12.5. The zero-order valence-corrected chi connectivity index (χ0v) is 8.47. The van der Waals surface area contributed by atoms with Gasteiger partial charge in [0.1, 0.15) is 0 Å². The van der Waals surface area contributed by atoms with Gasteiger partial charge in [-0.3, -0.25) is 4.18 Å². The van der Waals surface area contributed by atoms with Crippen molar-refractivity contribution in [2.45, 2.75) is 12.4 Å². The molecule has 0 aromatic rings. The Bertz CT molecular complexity index is 154. The van der Waals surface area contributed by atoms with Crippen LogP contribution in [0.2, 0.25) is 0 Å². The predicted octanol–water partition coefficient (Wildman–Crippen LogP) is -3.58. The number of aliphatic hydroxyl groups excluding tert-OH is 1. The first-order valence-corrected chi connectivity index (χ1v) is 3.45. The van der Waals surface area contributed by atoms with Crippen LogP contribution >= 0.6 is 0 Å². The fourth-order valence-electron chi connectivity index (χ4n) is 0.139. The fourth-order valence-corrected chi connectivity index (χ4v) is 0.418. The standard InChI is InChI=1S/C3H8O4S.Na.H/c1-3(4)8(5,6)7-2;;/h3-4H,1-2H3;;/q;+1;-1. The van der Waals surface area contributed by atoms with Crippen molar-refractivity contribution < 1.29 is 48.7 Å². The van der Waals surface area contributed by atoms with Crippen molar-refractivity contribution >= 4 is 10.1 Å². The maximum atomic E-state index is 10.2. The molecule has 4 nitrogen and oxygen atoms in total. The molecule has 0 spiro atoms. The molecule has 0 heterocycles. The molecule has 0 radical (unpaired) electrons. The van der Waals surface area contributed by atoms with Crippen LogP contribution in [-0.2, 0) is 14.3 Å². The topological polar surface area (TPSA) is 63.6 Å². The average Bonchev–Trinajstić information content (AvgIpc) is 1.67. The van der Waals surface area contributed by atoms with Gasteiger partial charge in [0.15, 0.2) is 5.44 Å². The molecule has 0 saturated carbocycles. The van der Waals surface area contributed by atoms with Crippen molar-refractivity contribution in [3.63, 3.8) is 0 Å². The van der Waals surface area contributed by atoms with E-state index in [4.69, 9.17) is 5.11 Å². The summed E-state index contributed by atoms with van der Waals surface area (Å²) in [6.07, 6.45) is 0. The monoisotopic (exact) mass is 164 g/mol. The summed E-state index contributed by atoms with van der Waals surface area (Å²) in [6, 6.07) is 0. The third kappa shape index (κ3) is 4.30. The third-order valence-corrected chi connectivity index (χ3v) is 1.95. The molecular weight excluding hydrogens is 155 g/mol. The van der Waals surface area contributed by atoms with E-state index in [1.165, 1.54) is 0 Å². The molecule has 1 atom stereocenters. The molecule has 0 amide bonds. The van der Waals surface area contributed by atoms with Gasteiger partial charge >= 0.3 is 29.6 Å². The summed E-state index contributed by atoms with van der Waals surface area (Å²) in [5.74, 6) is 0. The molecule has 1 unspecified atom stereocenters. The molecule has 9 heavy (non-hydrogen) atoms. The minimum atomic E-state index is -3.68. The van der Waals surface area contributed by atoms with Gasteiger partial charge in [-0.1, -0.05) is 0 Å². The van der Waals surface area contributed by atoms with E-state index < -0.39 is 15.6 Å². The van der Waals surface area contributed by atoms with E-state index in [1.807, 2.05) is 0 Å². The summed E-state index contributed by atoms with van der Waals surface area (Å²) in [5.41, 5.74) is -1.44. The van der Waals surface area contributed by atoms with Gasteiger partial charge in [-0.25, -0.2) is 0 Å². The largest absolute Gasteiger partial charge is 1.00 e. The molecule has 0 saturated heterocycles. The maximum Gasteiger partial charge on any atom is 1.00 e. The molecule has 0 aromatic heterocycles. The molecule has 52 valence electrons. The second-order valence-corrected chi connectivity index (χ2v) is 3.26. The molecule has 0 aliphatic rings. The van der Waals surface area contributed by atoms with E-state index in [0.29, 0.717) is 0 Å². The van der Waals surface area contributed by atoms with Gasteiger partial charge in [0.2, 0.25) is 0 Å². The van der Waals surface area contributed by atoms with Crippen molar-refractivity contribution in [1.29, 1.82) is 0 Å². The Morgan fingerprint density at radius 1 is 1.67 bits per heavy atom. The Morgan fingerprint density at radius 3 is 2.00 bits per heavy atom. The fraction of sp³-hybridized carbons (Fsp3) is 1.00. The smallest absolute Gasteiger partial charge is 1.00 e. The van der Waals surface area contributed by atoms with E-state index >= 15 is 0 Å². The van der Waals surface area contributed by atoms with Crippen molar-refractivity contribution in [3.8, 4) is 0 Å². The zero-order valence-electron chi connectivity index (χ0n) is 6.66. The van der Waals surface area contributed by atoms with E-state index in [-0.39, 0.29) is 31.0 Å². The second kappa shape index (κ2) is 4.65. The molecule has 1 N–H and O–H groups in total. The summed E-state index contributed by atoms with van der Waals surface area (Å²) < 4.78 is 24.4. The number of rotatable bonds is 2. The maximum absolute atomic E-state index is 10.2. The summed E-state index contributed by atoms with van der Waals surface area (Å²) in [6.45, 7) is 1.12. The molecule has 0 rings (SSSR count). The van der Waals surface area contributed by atoms with Gasteiger partial charge < -0.3 is 6.53 Å². The molecule has 6 heteroatoms. The number of hydrogen-bond donors (Lipinski definition) is 1. The van der Waals surface area contributed by atoms with Crippen molar-refractivity contribution in [2.24, 2.45) is 0 Å². The van der Waals surface area contributed by atoms with E-state index in [1.54, 1.807) is 0 Å². The van der Waals surface area contributed by atoms with Gasteiger partial charge in [0, 0.05) is 0 Å². The summed E-state index contributed by atoms with van der Waals surface area (Å²) in [7, 11) is -2.68. The Morgan fingerprint density at radius 2 is 2.00 bits per heavy atom. The van der Waals surface area contributed by atoms with Gasteiger partial charge in [0.05, 0.1) is 7.11 Å². The number of hydrogen-bond acceptors (Lipinski definition) is 4. The summed E-state index contributed by atoms with van der Waals surface area (Å²) in [5, 5.41) is 8.37. The number of aliphatic hydroxyl groups is 1. The van der Waals surface area contributed by atoms with E-state index in [0.717, 1.165) is 14.0 Å². The van der Waals surface area contributed by atoms with Crippen molar-refractivity contribution in [1.82, 2.24) is 0 Å². The van der Waals surface area contributed by atoms with Crippen molar-refractivity contribution in [3.05, 3.63) is 0 Å². The predicted molar refractivity (Wildman–Crippen MR) is 28.7 cm³/mol. The minimum Gasteiger partial charge on any atom is -1.00 e. The van der Waals surface area contributed by atoms with E-state index in [9.17, 15) is 8.42 Å². The van der Waals surface area contributed by atoms with Crippen LogP contribution in [0.15, 0.2) is 0 Å². The van der Waals surface area contributed by atoms with Crippen LogP contribution in [-0.4, -0.2) is 26.1 Å². The van der Waals surface area contributed by atoms with Crippen LogP contribution in [0.5, 0.6) is 0 Å². The van der Waals surface area contributed by atoms with Crippen LogP contribution in [0.4, 0.5) is 0 Å². The third-order valence-electron chi connectivity index (χ3n) is 0.650. The van der Waals surface area contributed by atoms with Crippen LogP contribution in [0.3, 0.4) is 0 Å². The first-order valence-electron chi connectivity index (χ1n) is 1.98. The quantitative estimate of drug-likeness (QED) is 0.338. The SMILES string of the molecule is COS(=O)(=O)C(C)O.[H-].[Na+]. The Hall–Kier alpha value is 0.870. The minimum absolute atomic E-state index is 0. The Balaban J connectivity index is -0.000000245. The normalized spacial score (nSPS) is 14.1. The Labute approximate surface area is 78.1 Å². The van der Waals surface area contributed by atoms with Crippen LogP contribution < -0.4 is 29.6 Å². The zero-order chi connectivity index (χ0) is 6.78. The van der Waals surface area contributed by atoms with Crippen molar-refractivity contribution in [2.75, 3.05) is 7.11 Å². The first-order chi connectivity index (χ1) is 3.50. The molecule has 0 bridgehead atoms. The molecule has 0 aliphatic heterocycles. The summed E-state index contributed by atoms with van der Waals surface area (Å²) >= 11 is 0.